The molecule has 0 N–H and O–H groups in total. The van der Waals surface area contributed by atoms with Crippen molar-refractivity contribution in [3.63, 3.8) is 0 Å². The SMILES string of the molecule is CCOC1CCN(c2ncnc(Cl)c2C=O)CC1. The number of anilines is 1. The Hall–Kier alpha value is -1.20. The molecule has 1 aliphatic rings. The Labute approximate surface area is 111 Å². The van der Waals surface area contributed by atoms with Crippen LogP contribution in [0.4, 0.5) is 5.82 Å². The molecule has 2 heterocycles. The molecule has 0 atom stereocenters. The number of piperidine rings is 1. The molecule has 0 aromatic carbocycles. The highest BCUT2D eigenvalue weighted by Gasteiger charge is 2.23. The molecule has 1 aromatic heterocycles. The smallest absolute Gasteiger partial charge is 0.156 e. The van der Waals surface area contributed by atoms with Crippen LogP contribution in [-0.2, 0) is 4.74 Å². The zero-order valence-corrected chi connectivity index (χ0v) is 11.1. The van der Waals surface area contributed by atoms with Gasteiger partial charge in [-0.3, -0.25) is 4.79 Å². The Bertz CT molecular complexity index is 420. The number of hydrogen-bond donors (Lipinski definition) is 0. The van der Waals surface area contributed by atoms with Crippen LogP contribution in [0.3, 0.4) is 0 Å². The van der Waals surface area contributed by atoms with Crippen molar-refractivity contribution in [2.75, 3.05) is 24.6 Å². The Morgan fingerprint density at radius 3 is 2.83 bits per heavy atom. The molecule has 0 radical (unpaired) electrons. The maximum atomic E-state index is 11.0. The lowest BCUT2D eigenvalue weighted by atomic mass is 10.1. The maximum Gasteiger partial charge on any atom is 0.156 e. The molecule has 98 valence electrons. The van der Waals surface area contributed by atoms with E-state index in [1.165, 1.54) is 6.33 Å². The number of carbonyl (C=O) groups is 1. The van der Waals surface area contributed by atoms with Crippen molar-refractivity contribution in [3.8, 4) is 0 Å². The van der Waals surface area contributed by atoms with Crippen molar-refractivity contribution in [1.29, 1.82) is 0 Å². The number of hydrogen-bond acceptors (Lipinski definition) is 5. The van der Waals surface area contributed by atoms with Gasteiger partial charge in [0, 0.05) is 19.7 Å². The number of rotatable bonds is 4. The summed E-state index contributed by atoms with van der Waals surface area (Å²) in [5, 5.41) is 0.210. The van der Waals surface area contributed by atoms with Gasteiger partial charge in [0.2, 0.25) is 0 Å². The van der Waals surface area contributed by atoms with Gasteiger partial charge in [-0.1, -0.05) is 11.6 Å². The lowest BCUT2D eigenvalue weighted by Gasteiger charge is -2.33. The molecule has 1 fully saturated rings. The zero-order valence-electron chi connectivity index (χ0n) is 10.3. The van der Waals surface area contributed by atoms with Crippen LogP contribution in [0.1, 0.15) is 30.1 Å². The topological polar surface area (TPSA) is 55.3 Å². The predicted molar refractivity (Wildman–Crippen MR) is 69.3 cm³/mol. The summed E-state index contributed by atoms with van der Waals surface area (Å²) in [6.07, 6.45) is 4.29. The maximum absolute atomic E-state index is 11.0. The minimum atomic E-state index is 0.210. The van der Waals surface area contributed by atoms with Gasteiger partial charge >= 0.3 is 0 Å². The van der Waals surface area contributed by atoms with Crippen molar-refractivity contribution in [2.45, 2.75) is 25.9 Å². The summed E-state index contributed by atoms with van der Waals surface area (Å²) in [6.45, 7) is 4.38. The van der Waals surface area contributed by atoms with E-state index in [1.54, 1.807) is 0 Å². The second-order valence-electron chi connectivity index (χ2n) is 4.16. The normalized spacial score (nSPS) is 16.9. The molecule has 5 nitrogen and oxygen atoms in total. The van der Waals surface area contributed by atoms with E-state index in [-0.39, 0.29) is 5.15 Å². The van der Waals surface area contributed by atoms with Crippen molar-refractivity contribution < 1.29 is 9.53 Å². The van der Waals surface area contributed by atoms with Crippen LogP contribution in [0, 0.1) is 0 Å². The number of ether oxygens (including phenoxy) is 1. The summed E-state index contributed by atoms with van der Waals surface area (Å²) in [6, 6.07) is 0. The van der Waals surface area contributed by atoms with Crippen LogP contribution >= 0.6 is 11.6 Å². The molecule has 2 rings (SSSR count). The first-order chi connectivity index (χ1) is 8.76. The van der Waals surface area contributed by atoms with E-state index in [9.17, 15) is 4.79 Å². The summed E-state index contributed by atoms with van der Waals surface area (Å²) in [5.74, 6) is 0.625. The predicted octanol–water partition coefficient (Wildman–Crippen LogP) is 1.95. The van der Waals surface area contributed by atoms with E-state index in [0.29, 0.717) is 23.8 Å². The monoisotopic (exact) mass is 269 g/mol. The molecule has 0 aliphatic carbocycles. The van der Waals surface area contributed by atoms with Gasteiger partial charge in [0.25, 0.3) is 0 Å². The summed E-state index contributed by atoms with van der Waals surface area (Å²) < 4.78 is 5.59. The quantitative estimate of drug-likeness (QED) is 0.618. The van der Waals surface area contributed by atoms with Gasteiger partial charge in [0.15, 0.2) is 6.29 Å². The van der Waals surface area contributed by atoms with Crippen molar-refractivity contribution in [1.82, 2.24) is 9.97 Å². The van der Waals surface area contributed by atoms with Gasteiger partial charge in [-0.15, -0.1) is 0 Å². The fourth-order valence-electron chi connectivity index (χ4n) is 2.19. The summed E-state index contributed by atoms with van der Waals surface area (Å²) in [4.78, 5) is 21.1. The second kappa shape index (κ2) is 6.11. The van der Waals surface area contributed by atoms with E-state index in [1.807, 2.05) is 6.92 Å². The third kappa shape index (κ3) is 2.79. The van der Waals surface area contributed by atoms with E-state index in [4.69, 9.17) is 16.3 Å². The highest BCUT2D eigenvalue weighted by molar-refractivity contribution is 6.32. The van der Waals surface area contributed by atoms with Gasteiger partial charge in [0.1, 0.15) is 17.3 Å². The van der Waals surface area contributed by atoms with E-state index < -0.39 is 0 Å². The van der Waals surface area contributed by atoms with Crippen molar-refractivity contribution in [3.05, 3.63) is 17.0 Å². The van der Waals surface area contributed by atoms with Crippen LogP contribution in [0.5, 0.6) is 0 Å². The highest BCUT2D eigenvalue weighted by Crippen LogP contribution is 2.25. The van der Waals surface area contributed by atoms with Crippen LogP contribution in [-0.4, -0.2) is 42.1 Å². The van der Waals surface area contributed by atoms with Gasteiger partial charge < -0.3 is 9.64 Å². The minimum Gasteiger partial charge on any atom is -0.378 e. The van der Waals surface area contributed by atoms with Crippen LogP contribution in [0.15, 0.2) is 6.33 Å². The third-order valence-corrected chi connectivity index (χ3v) is 3.38. The van der Waals surface area contributed by atoms with Gasteiger partial charge in [-0.05, 0) is 19.8 Å². The first-order valence-electron chi connectivity index (χ1n) is 6.08. The van der Waals surface area contributed by atoms with E-state index in [2.05, 4.69) is 14.9 Å². The number of nitrogens with zero attached hydrogens (tertiary/aromatic N) is 3. The second-order valence-corrected chi connectivity index (χ2v) is 4.52. The van der Waals surface area contributed by atoms with E-state index in [0.717, 1.165) is 32.5 Å². The van der Waals surface area contributed by atoms with Crippen LogP contribution in [0.25, 0.3) is 0 Å². The molecular formula is C12H16ClN3O2. The first-order valence-corrected chi connectivity index (χ1v) is 6.46. The molecule has 0 spiro atoms. The van der Waals surface area contributed by atoms with Crippen molar-refractivity contribution >= 4 is 23.7 Å². The zero-order chi connectivity index (χ0) is 13.0. The van der Waals surface area contributed by atoms with Gasteiger partial charge in [-0.2, -0.15) is 0 Å². The molecule has 0 saturated carbocycles. The molecular weight excluding hydrogens is 254 g/mol. The molecule has 0 amide bonds. The number of aldehydes is 1. The fraction of sp³-hybridized carbons (Fsp3) is 0.583. The molecule has 1 saturated heterocycles. The Kier molecular flexibility index (Phi) is 4.49. The lowest BCUT2D eigenvalue weighted by molar-refractivity contribution is 0.0458. The summed E-state index contributed by atoms with van der Waals surface area (Å²) in [7, 11) is 0. The van der Waals surface area contributed by atoms with E-state index >= 15 is 0 Å². The molecule has 6 heteroatoms. The lowest BCUT2D eigenvalue weighted by Crippen LogP contribution is -2.38. The molecule has 0 unspecified atom stereocenters. The average Bonchev–Trinajstić information content (AvgIpc) is 2.40. The fourth-order valence-corrected chi connectivity index (χ4v) is 2.36. The average molecular weight is 270 g/mol. The molecule has 1 aliphatic heterocycles. The highest BCUT2D eigenvalue weighted by atomic mass is 35.5. The largest absolute Gasteiger partial charge is 0.378 e. The van der Waals surface area contributed by atoms with Gasteiger partial charge in [-0.25, -0.2) is 9.97 Å². The standard InChI is InChI=1S/C12H16ClN3O2/c1-2-18-9-3-5-16(6-4-9)12-10(7-17)11(13)14-8-15-12/h7-9H,2-6H2,1H3. The Balaban J connectivity index is 2.10. The first kappa shape index (κ1) is 13.2. The third-order valence-electron chi connectivity index (χ3n) is 3.08. The Morgan fingerprint density at radius 2 is 2.22 bits per heavy atom. The minimum absolute atomic E-state index is 0.210. The summed E-state index contributed by atoms with van der Waals surface area (Å²) in [5.41, 5.74) is 0.369. The Morgan fingerprint density at radius 1 is 1.50 bits per heavy atom. The molecule has 0 bridgehead atoms. The number of carbonyl (C=O) groups excluding carboxylic acids is 1. The van der Waals surface area contributed by atoms with Crippen molar-refractivity contribution in [2.24, 2.45) is 0 Å². The summed E-state index contributed by atoms with van der Waals surface area (Å²) >= 11 is 5.89. The number of aromatic nitrogens is 2. The molecule has 1 aromatic rings. The van der Waals surface area contributed by atoms with Crippen LogP contribution < -0.4 is 4.90 Å². The van der Waals surface area contributed by atoms with Gasteiger partial charge in [0.05, 0.1) is 11.7 Å². The number of halogens is 1. The molecule has 18 heavy (non-hydrogen) atoms. The van der Waals surface area contributed by atoms with Crippen LogP contribution in [0.2, 0.25) is 5.15 Å².